The molecule has 0 aromatic heterocycles. The van der Waals surface area contributed by atoms with E-state index in [1.807, 2.05) is 74.4 Å². The van der Waals surface area contributed by atoms with Crippen molar-refractivity contribution in [1.82, 2.24) is 10.2 Å². The number of rotatable bonds is 8. The molecular formula is C38H71N2O11-. The first-order chi connectivity index (χ1) is 23.7. The minimum absolute atomic E-state index is 0.0652. The van der Waals surface area contributed by atoms with E-state index in [-0.39, 0.29) is 49.5 Å². The number of methoxy groups -OCH3 is 1. The lowest BCUT2D eigenvalue weighted by Crippen LogP contribution is -2.60. The number of aliphatic hydroxyl groups is 3. The van der Waals surface area contributed by atoms with Crippen molar-refractivity contribution in [2.24, 2.45) is 29.6 Å². The molecule has 0 bridgehead atoms. The molecule has 300 valence electrons. The van der Waals surface area contributed by atoms with Crippen molar-refractivity contribution in [2.75, 3.05) is 34.4 Å². The molecule has 0 aromatic carbocycles. The van der Waals surface area contributed by atoms with Gasteiger partial charge in [-0.05, 0) is 93.3 Å². The molecule has 0 spiro atoms. The van der Waals surface area contributed by atoms with Gasteiger partial charge in [0, 0.05) is 37.5 Å². The second-order valence-electron chi connectivity index (χ2n) is 16.7. The van der Waals surface area contributed by atoms with Gasteiger partial charge >= 0.3 is 5.97 Å². The Labute approximate surface area is 307 Å². The van der Waals surface area contributed by atoms with Gasteiger partial charge in [0.25, 0.3) is 0 Å². The number of aliphatic hydroxyl groups excluding tert-OH is 2. The van der Waals surface area contributed by atoms with Gasteiger partial charge in [-0.15, -0.1) is 6.61 Å². The van der Waals surface area contributed by atoms with Gasteiger partial charge in [0.2, 0.25) is 0 Å². The standard InChI is InChI=1S/C38H71N2O11/c1-14-29-22(4)31(42)25(7)39-18-20(2)16-37(9,45)34(51-36-32(43)28(40(11)12)15-21(3)47-36)23(5)33(24(6)35(44)49-29)50-30-17-38(10,46-13)27(19-41)26(8)48-30/h20-34,36,39,42-43,45H,14-19H2,1-13H3/q-1/t20-,21-,22+,23+,24-,25-,26+,27?,28?,29-,30+,31+,32-,33+,34-,36+,37-,38-/m1/s1. The van der Waals surface area contributed by atoms with E-state index in [0.29, 0.717) is 19.4 Å². The van der Waals surface area contributed by atoms with Gasteiger partial charge in [-0.3, -0.25) is 4.79 Å². The van der Waals surface area contributed by atoms with Crippen LogP contribution in [0.5, 0.6) is 0 Å². The maximum atomic E-state index is 14.1. The Hall–Kier alpha value is -0.970. The quantitative estimate of drug-likeness (QED) is 0.268. The molecule has 3 rings (SSSR count). The molecule has 13 nitrogen and oxygen atoms in total. The largest absolute Gasteiger partial charge is 0.854 e. The van der Waals surface area contributed by atoms with Crippen molar-refractivity contribution < 1.29 is 53.6 Å². The van der Waals surface area contributed by atoms with Gasteiger partial charge in [-0.25, -0.2) is 0 Å². The van der Waals surface area contributed by atoms with Crippen LogP contribution in [-0.2, 0) is 33.2 Å². The zero-order valence-corrected chi connectivity index (χ0v) is 33.5. The summed E-state index contributed by atoms with van der Waals surface area (Å²) in [4.78, 5) is 16.1. The van der Waals surface area contributed by atoms with Crippen molar-refractivity contribution in [2.45, 2.75) is 174 Å². The summed E-state index contributed by atoms with van der Waals surface area (Å²) in [5, 5.41) is 50.9. The lowest BCUT2D eigenvalue weighted by molar-refractivity contribution is -0.406. The van der Waals surface area contributed by atoms with E-state index in [9.17, 15) is 25.2 Å². The minimum atomic E-state index is -1.50. The molecule has 4 N–H and O–H groups in total. The van der Waals surface area contributed by atoms with Crippen LogP contribution in [-0.4, -0.2) is 139 Å². The predicted molar refractivity (Wildman–Crippen MR) is 190 cm³/mol. The van der Waals surface area contributed by atoms with Gasteiger partial charge in [0.1, 0.15) is 12.2 Å². The third kappa shape index (κ3) is 10.6. The Kier molecular flexibility index (Phi) is 16.2. The maximum Gasteiger partial charge on any atom is 0.311 e. The van der Waals surface area contributed by atoms with Crippen LogP contribution in [0.4, 0.5) is 0 Å². The van der Waals surface area contributed by atoms with Gasteiger partial charge in [0.15, 0.2) is 12.6 Å². The summed E-state index contributed by atoms with van der Waals surface area (Å²) in [6.07, 6.45) is -5.31. The number of likely N-dealkylation sites (N-methyl/N-ethyl adjacent to an activating group) is 1. The number of carbonyl (C=O) groups is 1. The highest BCUT2D eigenvalue weighted by molar-refractivity contribution is 5.73. The lowest BCUT2D eigenvalue weighted by Gasteiger charge is -2.50. The fraction of sp³-hybridized carbons (Fsp3) is 0.974. The third-order valence-electron chi connectivity index (χ3n) is 12.1. The average molecular weight is 732 g/mol. The molecule has 51 heavy (non-hydrogen) atoms. The monoisotopic (exact) mass is 732 g/mol. The summed E-state index contributed by atoms with van der Waals surface area (Å²) in [7, 11) is 5.37. The fourth-order valence-electron chi connectivity index (χ4n) is 8.70. The SMILES string of the molecule is CC[C@H]1OC(=O)[C@H](C)[C@@H](O[C@H]2C[C@@](C)(OC)C(C[O-])[C@H](C)O2)[C@H](C)[C@@H](O[C@@H]2O[C@H](C)CC(N(C)C)[C@H]2O)[C@](C)(O)C[C@@H](C)CN[C@H](C)[C@@H](O)[C@H]1C. The molecule has 18 atom stereocenters. The Morgan fingerprint density at radius 1 is 0.980 bits per heavy atom. The van der Waals surface area contributed by atoms with Crippen LogP contribution in [0.3, 0.4) is 0 Å². The molecule has 0 radical (unpaired) electrons. The molecule has 0 saturated carbocycles. The van der Waals surface area contributed by atoms with E-state index in [2.05, 4.69) is 5.32 Å². The molecule has 3 aliphatic heterocycles. The van der Waals surface area contributed by atoms with Crippen LogP contribution in [0.15, 0.2) is 0 Å². The van der Waals surface area contributed by atoms with E-state index in [1.165, 1.54) is 0 Å². The first kappa shape index (κ1) is 44.4. The fourth-order valence-corrected chi connectivity index (χ4v) is 8.70. The number of hydrogen-bond donors (Lipinski definition) is 4. The van der Waals surface area contributed by atoms with E-state index < -0.39 is 84.1 Å². The second-order valence-corrected chi connectivity index (χ2v) is 16.7. The minimum Gasteiger partial charge on any atom is -0.854 e. The molecule has 3 heterocycles. The summed E-state index contributed by atoms with van der Waals surface area (Å²) >= 11 is 0. The average Bonchev–Trinajstić information content (AvgIpc) is 3.06. The summed E-state index contributed by atoms with van der Waals surface area (Å²) in [6.45, 7) is 18.8. The normalized spacial score (nSPS) is 48.5. The van der Waals surface area contributed by atoms with E-state index in [1.54, 1.807) is 21.0 Å². The van der Waals surface area contributed by atoms with Gasteiger partial charge in [-0.2, -0.15) is 0 Å². The maximum absolute atomic E-state index is 14.1. The van der Waals surface area contributed by atoms with Crippen LogP contribution >= 0.6 is 0 Å². The summed E-state index contributed by atoms with van der Waals surface area (Å²) in [5.74, 6) is -2.93. The van der Waals surface area contributed by atoms with Crippen molar-refractivity contribution in [3.63, 3.8) is 0 Å². The molecule has 3 fully saturated rings. The highest BCUT2D eigenvalue weighted by Gasteiger charge is 2.51. The van der Waals surface area contributed by atoms with E-state index >= 15 is 0 Å². The van der Waals surface area contributed by atoms with E-state index in [4.69, 9.17) is 28.4 Å². The topological polar surface area (TPSA) is 171 Å². The third-order valence-corrected chi connectivity index (χ3v) is 12.1. The second kappa shape index (κ2) is 18.6. The van der Waals surface area contributed by atoms with Crippen LogP contribution in [0, 0.1) is 29.6 Å². The highest BCUT2D eigenvalue weighted by Crippen LogP contribution is 2.41. The Morgan fingerprint density at radius 3 is 2.20 bits per heavy atom. The number of nitrogens with zero attached hydrogens (tertiary/aromatic N) is 1. The first-order valence-corrected chi connectivity index (χ1v) is 19.1. The summed E-state index contributed by atoms with van der Waals surface area (Å²) in [5.41, 5.74) is -2.34. The molecule has 2 unspecified atom stereocenters. The molecule has 0 amide bonds. The first-order valence-electron chi connectivity index (χ1n) is 19.1. The van der Waals surface area contributed by atoms with Gasteiger partial charge in [-0.1, -0.05) is 27.7 Å². The van der Waals surface area contributed by atoms with Crippen molar-refractivity contribution in [1.29, 1.82) is 0 Å². The number of hydrogen-bond acceptors (Lipinski definition) is 13. The zero-order chi connectivity index (χ0) is 38.6. The van der Waals surface area contributed by atoms with Crippen LogP contribution < -0.4 is 10.4 Å². The number of esters is 1. The van der Waals surface area contributed by atoms with Crippen molar-refractivity contribution >= 4 is 5.97 Å². The summed E-state index contributed by atoms with van der Waals surface area (Å²) < 4.78 is 38.0. The lowest BCUT2D eigenvalue weighted by atomic mass is 9.77. The van der Waals surface area contributed by atoms with Crippen LogP contribution in [0.25, 0.3) is 0 Å². The Morgan fingerprint density at radius 2 is 1.63 bits per heavy atom. The number of ether oxygens (including phenoxy) is 6. The Balaban J connectivity index is 2.13. The highest BCUT2D eigenvalue weighted by atomic mass is 16.7. The zero-order valence-electron chi connectivity index (χ0n) is 33.5. The van der Waals surface area contributed by atoms with Crippen molar-refractivity contribution in [3.05, 3.63) is 0 Å². The van der Waals surface area contributed by atoms with Gasteiger partial charge in [0.05, 0.1) is 47.6 Å². The molecule has 13 heteroatoms. The molecule has 0 aromatic rings. The number of nitrogens with one attached hydrogen (secondary N) is 1. The molecule has 3 saturated heterocycles. The Bertz CT molecular complexity index is 1080. The molecule has 0 aliphatic carbocycles. The molecule has 3 aliphatic rings. The van der Waals surface area contributed by atoms with Crippen molar-refractivity contribution in [3.8, 4) is 0 Å². The van der Waals surface area contributed by atoms with E-state index in [0.717, 1.165) is 0 Å². The smallest absolute Gasteiger partial charge is 0.311 e. The number of carbonyl (C=O) groups excluding carboxylic acids is 1. The predicted octanol–water partition coefficient (Wildman–Crippen LogP) is 2.06. The van der Waals surface area contributed by atoms with Gasteiger partial charge < -0.3 is 59.1 Å². The number of cyclic esters (lactones) is 1. The van der Waals surface area contributed by atoms with Crippen LogP contribution in [0.1, 0.15) is 94.9 Å². The summed E-state index contributed by atoms with van der Waals surface area (Å²) in [6, 6.07) is -0.553. The molecular weight excluding hydrogens is 660 g/mol. The van der Waals surface area contributed by atoms with Crippen LogP contribution in [0.2, 0.25) is 0 Å².